The summed E-state index contributed by atoms with van der Waals surface area (Å²) in [6, 6.07) is 2.24. The minimum absolute atomic E-state index is 0.340. The van der Waals surface area contributed by atoms with Gasteiger partial charge >= 0.3 is 6.09 Å². The fourth-order valence-electron chi connectivity index (χ4n) is 3.64. The summed E-state index contributed by atoms with van der Waals surface area (Å²) in [5.74, 6) is 1.06. The topological polar surface area (TPSA) is 83.2 Å². The molecule has 2 aromatic rings. The summed E-state index contributed by atoms with van der Waals surface area (Å²) in [7, 11) is 1.72. The molecule has 0 aromatic carbocycles. The Bertz CT molecular complexity index is 774. The minimum atomic E-state index is -0.865. The summed E-state index contributed by atoms with van der Waals surface area (Å²) in [4.78, 5) is 19.8. The molecule has 4 heterocycles. The number of hydrogen-bond donors (Lipinski definition) is 1. The molecule has 1 N–H and O–H groups in total. The number of amides is 1. The lowest BCUT2D eigenvalue weighted by Gasteiger charge is -2.43. The second kappa shape index (κ2) is 5.94. The van der Waals surface area contributed by atoms with E-state index in [-0.39, 0.29) is 0 Å². The monoisotopic (exact) mass is 331 g/mol. The summed E-state index contributed by atoms with van der Waals surface area (Å²) < 4.78 is 7.22. The molecule has 1 atom stereocenters. The lowest BCUT2D eigenvalue weighted by Crippen LogP contribution is -2.51. The Kier molecular flexibility index (Phi) is 3.76. The van der Waals surface area contributed by atoms with E-state index in [4.69, 9.17) is 9.72 Å². The van der Waals surface area contributed by atoms with Crippen LogP contribution in [-0.2, 0) is 17.6 Å². The van der Waals surface area contributed by atoms with E-state index in [0.29, 0.717) is 38.6 Å². The lowest BCUT2D eigenvalue weighted by molar-refractivity contribution is 0.147. The first kappa shape index (κ1) is 15.2. The number of hydrogen-bond acceptors (Lipinski definition) is 5. The van der Waals surface area contributed by atoms with Crippen LogP contribution in [0.4, 0.5) is 10.6 Å². The maximum atomic E-state index is 11.3. The SMILES string of the molecule is COC[C@@H]1CCN1c1c2c(nc3ccnn13)CCN(C(=O)O)CC2. The third kappa shape index (κ3) is 2.37. The van der Waals surface area contributed by atoms with Crippen molar-refractivity contribution in [2.24, 2.45) is 0 Å². The largest absolute Gasteiger partial charge is 0.465 e. The van der Waals surface area contributed by atoms with Gasteiger partial charge in [0.15, 0.2) is 5.65 Å². The highest BCUT2D eigenvalue weighted by atomic mass is 16.5. The van der Waals surface area contributed by atoms with Crippen LogP contribution in [0.5, 0.6) is 0 Å². The van der Waals surface area contributed by atoms with E-state index in [1.165, 1.54) is 4.90 Å². The van der Waals surface area contributed by atoms with Gasteiger partial charge in [0.05, 0.1) is 24.5 Å². The third-order valence-corrected chi connectivity index (χ3v) is 4.99. The number of fused-ring (bicyclic) bond motifs is 2. The van der Waals surface area contributed by atoms with Crippen LogP contribution in [0, 0.1) is 0 Å². The highest BCUT2D eigenvalue weighted by molar-refractivity contribution is 5.66. The fraction of sp³-hybridized carbons (Fsp3) is 0.562. The highest BCUT2D eigenvalue weighted by Gasteiger charge is 2.34. The predicted molar refractivity (Wildman–Crippen MR) is 87.6 cm³/mol. The zero-order valence-corrected chi connectivity index (χ0v) is 13.7. The predicted octanol–water partition coefficient (Wildman–Crippen LogP) is 1.03. The van der Waals surface area contributed by atoms with E-state index < -0.39 is 6.09 Å². The fourth-order valence-corrected chi connectivity index (χ4v) is 3.64. The van der Waals surface area contributed by atoms with Crippen molar-refractivity contribution in [2.45, 2.75) is 25.3 Å². The first-order valence-electron chi connectivity index (χ1n) is 8.28. The normalized spacial score (nSPS) is 20.6. The zero-order chi connectivity index (χ0) is 16.7. The second-order valence-corrected chi connectivity index (χ2v) is 6.32. The molecule has 128 valence electrons. The average molecular weight is 331 g/mol. The minimum Gasteiger partial charge on any atom is -0.465 e. The van der Waals surface area contributed by atoms with Gasteiger partial charge in [0.25, 0.3) is 0 Å². The number of aromatic nitrogens is 3. The van der Waals surface area contributed by atoms with Crippen molar-refractivity contribution < 1.29 is 14.6 Å². The molecule has 4 rings (SSSR count). The van der Waals surface area contributed by atoms with Crippen LogP contribution in [0.2, 0.25) is 0 Å². The Balaban J connectivity index is 1.78. The van der Waals surface area contributed by atoms with E-state index >= 15 is 0 Å². The van der Waals surface area contributed by atoms with Crippen molar-refractivity contribution in [2.75, 3.05) is 38.3 Å². The van der Waals surface area contributed by atoms with E-state index in [9.17, 15) is 9.90 Å². The number of rotatable bonds is 3. The Morgan fingerprint density at radius 1 is 1.38 bits per heavy atom. The van der Waals surface area contributed by atoms with Gasteiger partial charge in [-0.3, -0.25) is 0 Å². The maximum absolute atomic E-state index is 11.3. The average Bonchev–Trinajstić information content (AvgIpc) is 2.89. The van der Waals surface area contributed by atoms with Crippen molar-refractivity contribution in [3.05, 3.63) is 23.5 Å². The summed E-state index contributed by atoms with van der Waals surface area (Å²) in [5, 5.41) is 13.8. The van der Waals surface area contributed by atoms with Crippen molar-refractivity contribution in [1.29, 1.82) is 0 Å². The highest BCUT2D eigenvalue weighted by Crippen LogP contribution is 2.33. The Morgan fingerprint density at radius 2 is 2.21 bits per heavy atom. The van der Waals surface area contributed by atoms with Gasteiger partial charge in [0, 0.05) is 44.8 Å². The number of carboxylic acid groups (broad SMARTS) is 1. The van der Waals surface area contributed by atoms with Crippen molar-refractivity contribution in [1.82, 2.24) is 19.5 Å². The molecular formula is C16H21N5O3. The summed E-state index contributed by atoms with van der Waals surface area (Å²) >= 11 is 0. The molecule has 8 heteroatoms. The maximum Gasteiger partial charge on any atom is 0.407 e. The van der Waals surface area contributed by atoms with Crippen LogP contribution in [0.25, 0.3) is 5.65 Å². The zero-order valence-electron chi connectivity index (χ0n) is 13.7. The van der Waals surface area contributed by atoms with Crippen LogP contribution in [0.3, 0.4) is 0 Å². The van der Waals surface area contributed by atoms with Gasteiger partial charge in [-0.05, 0) is 12.8 Å². The molecule has 1 saturated heterocycles. The van der Waals surface area contributed by atoms with Gasteiger partial charge in [0.2, 0.25) is 0 Å². The molecule has 0 aliphatic carbocycles. The van der Waals surface area contributed by atoms with Crippen LogP contribution >= 0.6 is 0 Å². The van der Waals surface area contributed by atoms with Gasteiger partial charge < -0.3 is 19.6 Å². The van der Waals surface area contributed by atoms with Crippen LogP contribution < -0.4 is 4.90 Å². The summed E-state index contributed by atoms with van der Waals surface area (Å²) in [6.07, 6.45) is 3.29. The molecule has 0 spiro atoms. The summed E-state index contributed by atoms with van der Waals surface area (Å²) in [6.45, 7) is 2.62. The quantitative estimate of drug-likeness (QED) is 0.904. The molecule has 0 bridgehead atoms. The molecule has 1 amide bonds. The van der Waals surface area contributed by atoms with Gasteiger partial charge in [-0.2, -0.15) is 9.61 Å². The van der Waals surface area contributed by atoms with Crippen LogP contribution in [-0.4, -0.2) is 70.1 Å². The molecule has 2 aliphatic heterocycles. The molecule has 0 unspecified atom stereocenters. The lowest BCUT2D eigenvalue weighted by atomic mass is 10.0. The molecule has 2 aromatic heterocycles. The molecule has 1 fully saturated rings. The molecule has 2 aliphatic rings. The second-order valence-electron chi connectivity index (χ2n) is 6.32. The van der Waals surface area contributed by atoms with Crippen molar-refractivity contribution in [3.63, 3.8) is 0 Å². The molecule has 24 heavy (non-hydrogen) atoms. The van der Waals surface area contributed by atoms with E-state index in [1.54, 1.807) is 13.3 Å². The Morgan fingerprint density at radius 3 is 2.92 bits per heavy atom. The smallest absolute Gasteiger partial charge is 0.407 e. The number of nitrogens with zero attached hydrogens (tertiary/aromatic N) is 5. The van der Waals surface area contributed by atoms with Crippen LogP contribution in [0.1, 0.15) is 17.7 Å². The molecular weight excluding hydrogens is 310 g/mol. The Hall–Kier alpha value is -2.35. The molecule has 8 nitrogen and oxygen atoms in total. The summed E-state index contributed by atoms with van der Waals surface area (Å²) in [5.41, 5.74) is 2.93. The number of ether oxygens (including phenoxy) is 1. The van der Waals surface area contributed by atoms with E-state index in [1.807, 2.05) is 10.6 Å². The number of methoxy groups -OCH3 is 1. The molecule has 0 radical (unpaired) electrons. The van der Waals surface area contributed by atoms with Crippen molar-refractivity contribution >= 4 is 17.6 Å². The van der Waals surface area contributed by atoms with Gasteiger partial charge in [-0.25, -0.2) is 9.78 Å². The first-order chi connectivity index (χ1) is 11.7. The number of carbonyl (C=O) groups is 1. The third-order valence-electron chi connectivity index (χ3n) is 4.99. The molecule has 0 saturated carbocycles. The van der Waals surface area contributed by atoms with Gasteiger partial charge in [-0.1, -0.05) is 0 Å². The number of anilines is 1. The first-order valence-corrected chi connectivity index (χ1v) is 8.28. The van der Waals surface area contributed by atoms with Crippen LogP contribution in [0.15, 0.2) is 12.3 Å². The van der Waals surface area contributed by atoms with E-state index in [0.717, 1.165) is 35.7 Å². The van der Waals surface area contributed by atoms with Gasteiger partial charge in [0.1, 0.15) is 5.82 Å². The standard InChI is InChI=1S/C16H21N5O3/c1-24-10-11-3-9-20(11)15-12-4-7-19(16(22)23)8-5-13(12)18-14-2-6-17-21(14)15/h2,6,11H,3-5,7-10H2,1H3,(H,22,23)/t11-/m0/s1. The Labute approximate surface area is 139 Å². The van der Waals surface area contributed by atoms with Gasteiger partial charge in [-0.15, -0.1) is 0 Å². The van der Waals surface area contributed by atoms with E-state index in [2.05, 4.69) is 10.00 Å². The van der Waals surface area contributed by atoms with Crippen molar-refractivity contribution in [3.8, 4) is 0 Å².